The SMILES string of the molecule is Cc1ccc(/C=C/C(=O)NCC2(C)CC(NC(=O)/C=C/c3ccc(C)o3)CC(C)(C)C2)o1. The summed E-state index contributed by atoms with van der Waals surface area (Å²) in [6, 6.07) is 7.44. The molecule has 0 aromatic carbocycles. The van der Waals surface area contributed by atoms with Gasteiger partial charge in [0, 0.05) is 24.7 Å². The lowest BCUT2D eigenvalue weighted by Crippen LogP contribution is -2.50. The molecule has 1 aliphatic rings. The number of hydrogen-bond donors (Lipinski definition) is 2. The van der Waals surface area contributed by atoms with Gasteiger partial charge in [-0.3, -0.25) is 9.59 Å². The minimum absolute atomic E-state index is 0.0396. The van der Waals surface area contributed by atoms with E-state index in [4.69, 9.17) is 8.83 Å². The van der Waals surface area contributed by atoms with Crippen LogP contribution in [0.2, 0.25) is 0 Å². The third-order valence-electron chi connectivity index (χ3n) is 5.80. The Bertz CT molecular complexity index is 1010. The second-order valence-electron chi connectivity index (χ2n) is 10.0. The number of furan rings is 2. The highest BCUT2D eigenvalue weighted by atomic mass is 16.3. The van der Waals surface area contributed by atoms with E-state index in [0.717, 1.165) is 30.8 Å². The summed E-state index contributed by atoms with van der Waals surface area (Å²) >= 11 is 0. The second-order valence-corrected chi connectivity index (χ2v) is 10.0. The maximum absolute atomic E-state index is 12.5. The van der Waals surface area contributed by atoms with Crippen LogP contribution in [0.15, 0.2) is 45.3 Å². The van der Waals surface area contributed by atoms with Gasteiger partial charge in [-0.25, -0.2) is 0 Å². The lowest BCUT2D eigenvalue weighted by molar-refractivity contribution is -0.119. The Kier molecular flexibility index (Phi) is 7.12. The van der Waals surface area contributed by atoms with Gasteiger partial charge in [0.15, 0.2) is 0 Å². The largest absolute Gasteiger partial charge is 0.462 e. The van der Waals surface area contributed by atoms with E-state index in [2.05, 4.69) is 31.4 Å². The van der Waals surface area contributed by atoms with Gasteiger partial charge in [0.1, 0.15) is 23.0 Å². The molecule has 3 rings (SSSR count). The van der Waals surface area contributed by atoms with Crippen molar-refractivity contribution in [3.8, 4) is 0 Å². The molecule has 0 bridgehead atoms. The van der Waals surface area contributed by atoms with Crippen LogP contribution in [-0.2, 0) is 9.59 Å². The van der Waals surface area contributed by atoms with Crippen molar-refractivity contribution in [2.75, 3.05) is 6.54 Å². The molecular formula is C26H34N2O4. The normalized spacial score (nSPS) is 23.0. The first-order valence-corrected chi connectivity index (χ1v) is 11.1. The smallest absolute Gasteiger partial charge is 0.244 e. The van der Waals surface area contributed by atoms with Crippen LogP contribution in [0.4, 0.5) is 0 Å². The highest BCUT2D eigenvalue weighted by molar-refractivity contribution is 5.92. The average molecular weight is 439 g/mol. The summed E-state index contributed by atoms with van der Waals surface area (Å²) in [4.78, 5) is 24.8. The molecule has 2 heterocycles. The molecule has 6 heteroatoms. The monoisotopic (exact) mass is 438 g/mol. The van der Waals surface area contributed by atoms with Crippen molar-refractivity contribution in [1.29, 1.82) is 0 Å². The average Bonchev–Trinajstić information content (AvgIpc) is 3.29. The van der Waals surface area contributed by atoms with Crippen molar-refractivity contribution in [2.45, 2.75) is 59.9 Å². The Labute approximate surface area is 190 Å². The Morgan fingerprint density at radius 2 is 1.50 bits per heavy atom. The Morgan fingerprint density at radius 1 is 0.938 bits per heavy atom. The summed E-state index contributed by atoms with van der Waals surface area (Å²) in [5.41, 5.74) is -0.0641. The van der Waals surface area contributed by atoms with Crippen molar-refractivity contribution < 1.29 is 18.4 Å². The highest BCUT2D eigenvalue weighted by Gasteiger charge is 2.41. The lowest BCUT2D eigenvalue weighted by atomic mass is 9.62. The molecule has 1 fully saturated rings. The van der Waals surface area contributed by atoms with Gasteiger partial charge >= 0.3 is 0 Å². The fourth-order valence-electron chi connectivity index (χ4n) is 4.88. The molecule has 32 heavy (non-hydrogen) atoms. The maximum Gasteiger partial charge on any atom is 0.244 e. The minimum Gasteiger partial charge on any atom is -0.462 e. The first-order chi connectivity index (χ1) is 15.0. The number of amides is 2. The second kappa shape index (κ2) is 9.63. The molecule has 0 spiro atoms. The zero-order valence-electron chi connectivity index (χ0n) is 19.7. The van der Waals surface area contributed by atoms with Gasteiger partial charge in [-0.2, -0.15) is 0 Å². The molecule has 2 atom stereocenters. The molecule has 2 aromatic rings. The third kappa shape index (κ3) is 7.01. The summed E-state index contributed by atoms with van der Waals surface area (Å²) in [6.45, 7) is 10.9. The zero-order valence-corrected chi connectivity index (χ0v) is 19.7. The van der Waals surface area contributed by atoms with Gasteiger partial charge in [-0.15, -0.1) is 0 Å². The van der Waals surface area contributed by atoms with E-state index in [0.29, 0.717) is 18.1 Å². The van der Waals surface area contributed by atoms with Crippen LogP contribution in [0, 0.1) is 24.7 Å². The van der Waals surface area contributed by atoms with Gasteiger partial charge in [-0.1, -0.05) is 20.8 Å². The first kappa shape index (κ1) is 23.6. The molecule has 2 N–H and O–H groups in total. The van der Waals surface area contributed by atoms with E-state index in [1.807, 2.05) is 38.1 Å². The topological polar surface area (TPSA) is 84.5 Å². The summed E-state index contributed by atoms with van der Waals surface area (Å²) in [5, 5.41) is 6.16. The van der Waals surface area contributed by atoms with E-state index in [-0.39, 0.29) is 28.7 Å². The number of carbonyl (C=O) groups is 2. The standard InChI is InChI=1S/C26H34N2O4/c1-18-6-8-21(31-18)10-12-23(29)27-17-26(5)15-20(14-25(3,4)16-26)28-24(30)13-11-22-9-7-19(2)32-22/h6-13,20H,14-17H2,1-5H3,(H,27,29)(H,28,30)/b12-10+,13-11+. The number of nitrogens with one attached hydrogen (secondary N) is 2. The van der Waals surface area contributed by atoms with Crippen molar-refractivity contribution in [1.82, 2.24) is 10.6 Å². The Hall–Kier alpha value is -3.02. The summed E-state index contributed by atoms with van der Waals surface area (Å²) < 4.78 is 10.9. The van der Waals surface area contributed by atoms with Crippen molar-refractivity contribution in [3.05, 3.63) is 59.5 Å². The van der Waals surface area contributed by atoms with Crippen molar-refractivity contribution in [2.24, 2.45) is 10.8 Å². The molecule has 2 amide bonds. The molecule has 1 aliphatic carbocycles. The predicted molar refractivity (Wildman–Crippen MR) is 126 cm³/mol. The molecular weight excluding hydrogens is 404 g/mol. The van der Waals surface area contributed by atoms with Crippen LogP contribution in [0.3, 0.4) is 0 Å². The Morgan fingerprint density at radius 3 is 2.03 bits per heavy atom. The summed E-state index contributed by atoms with van der Waals surface area (Å²) in [5.74, 6) is 2.65. The van der Waals surface area contributed by atoms with E-state index in [1.54, 1.807) is 12.2 Å². The van der Waals surface area contributed by atoms with Crippen LogP contribution in [0.1, 0.15) is 63.1 Å². The minimum atomic E-state index is -0.152. The predicted octanol–water partition coefficient (Wildman–Crippen LogP) is 5.03. The zero-order chi connectivity index (χ0) is 23.4. The molecule has 0 aliphatic heterocycles. The van der Waals surface area contributed by atoms with Gasteiger partial charge < -0.3 is 19.5 Å². The number of hydrogen-bond acceptors (Lipinski definition) is 4. The number of rotatable bonds is 7. The van der Waals surface area contributed by atoms with E-state index in [9.17, 15) is 9.59 Å². The van der Waals surface area contributed by atoms with Gasteiger partial charge in [0.05, 0.1) is 0 Å². The van der Waals surface area contributed by atoms with E-state index >= 15 is 0 Å². The van der Waals surface area contributed by atoms with Gasteiger partial charge in [0.2, 0.25) is 11.8 Å². The third-order valence-corrected chi connectivity index (χ3v) is 5.80. The first-order valence-electron chi connectivity index (χ1n) is 11.1. The number of carbonyl (C=O) groups excluding carboxylic acids is 2. The molecule has 172 valence electrons. The molecule has 0 radical (unpaired) electrons. The maximum atomic E-state index is 12.5. The van der Waals surface area contributed by atoms with E-state index < -0.39 is 0 Å². The summed E-state index contributed by atoms with van der Waals surface area (Å²) in [6.07, 6.45) is 9.03. The quantitative estimate of drug-likeness (QED) is 0.594. The number of aryl methyl sites for hydroxylation is 2. The fraction of sp³-hybridized carbons (Fsp3) is 0.462. The van der Waals surface area contributed by atoms with Crippen LogP contribution in [0.25, 0.3) is 12.2 Å². The van der Waals surface area contributed by atoms with Crippen LogP contribution >= 0.6 is 0 Å². The van der Waals surface area contributed by atoms with Crippen LogP contribution in [0.5, 0.6) is 0 Å². The van der Waals surface area contributed by atoms with Gasteiger partial charge in [0.25, 0.3) is 0 Å². The molecule has 1 saturated carbocycles. The molecule has 0 saturated heterocycles. The summed E-state index contributed by atoms with van der Waals surface area (Å²) in [7, 11) is 0. The van der Waals surface area contributed by atoms with Crippen molar-refractivity contribution >= 4 is 24.0 Å². The van der Waals surface area contributed by atoms with Gasteiger partial charge in [-0.05, 0) is 80.4 Å². The highest BCUT2D eigenvalue weighted by Crippen LogP contribution is 2.45. The van der Waals surface area contributed by atoms with Crippen LogP contribution in [-0.4, -0.2) is 24.4 Å². The van der Waals surface area contributed by atoms with E-state index in [1.165, 1.54) is 12.2 Å². The Balaban J connectivity index is 1.56. The lowest BCUT2D eigenvalue weighted by Gasteiger charge is -2.46. The molecule has 2 aromatic heterocycles. The fourth-order valence-corrected chi connectivity index (χ4v) is 4.88. The molecule has 2 unspecified atom stereocenters. The molecule has 6 nitrogen and oxygen atoms in total. The van der Waals surface area contributed by atoms with Crippen molar-refractivity contribution in [3.63, 3.8) is 0 Å². The van der Waals surface area contributed by atoms with Crippen LogP contribution < -0.4 is 10.6 Å².